The monoisotopic (exact) mass is 306 g/mol. The predicted octanol–water partition coefficient (Wildman–Crippen LogP) is 3.05. The van der Waals surface area contributed by atoms with Crippen LogP contribution in [0.3, 0.4) is 0 Å². The van der Waals surface area contributed by atoms with Crippen molar-refractivity contribution in [3.63, 3.8) is 0 Å². The van der Waals surface area contributed by atoms with Gasteiger partial charge in [-0.05, 0) is 31.7 Å². The molecule has 1 aliphatic rings. The molecule has 1 heterocycles. The number of benzene rings is 1. The molecule has 2 rings (SSSR count). The maximum atomic E-state index is 12.7. The van der Waals surface area contributed by atoms with E-state index in [-0.39, 0.29) is 5.91 Å². The fourth-order valence-electron chi connectivity index (χ4n) is 2.49. The molecule has 118 valence electrons. The van der Waals surface area contributed by atoms with Gasteiger partial charge in [-0.2, -0.15) is 0 Å². The highest BCUT2D eigenvalue weighted by Gasteiger charge is 2.20. The molecular formula is C20H22N2O. The van der Waals surface area contributed by atoms with Gasteiger partial charge in [0.25, 0.3) is 0 Å². The molecule has 0 unspecified atom stereocenters. The summed E-state index contributed by atoms with van der Waals surface area (Å²) in [5.74, 6) is 6.43. The van der Waals surface area contributed by atoms with E-state index < -0.39 is 0 Å². The van der Waals surface area contributed by atoms with Crippen LogP contribution in [0.5, 0.6) is 0 Å². The number of para-hydroxylation sites is 1. The number of carbonyl (C=O) groups excluding carboxylic acids is 1. The quantitative estimate of drug-likeness (QED) is 0.848. The minimum Gasteiger partial charge on any atom is -0.319 e. The smallest absolute Gasteiger partial charge is 0.228 e. The van der Waals surface area contributed by atoms with Gasteiger partial charge in [-0.3, -0.25) is 4.79 Å². The fourth-order valence-corrected chi connectivity index (χ4v) is 2.49. The van der Waals surface area contributed by atoms with E-state index in [1.165, 1.54) is 0 Å². The van der Waals surface area contributed by atoms with Gasteiger partial charge in [-0.25, -0.2) is 0 Å². The molecule has 1 aromatic rings. The third-order valence-electron chi connectivity index (χ3n) is 3.66. The largest absolute Gasteiger partial charge is 0.319 e. The zero-order valence-corrected chi connectivity index (χ0v) is 13.7. The third-order valence-corrected chi connectivity index (χ3v) is 3.66. The first-order valence-electron chi connectivity index (χ1n) is 7.75. The molecule has 0 atom stereocenters. The highest BCUT2D eigenvalue weighted by atomic mass is 16.2. The van der Waals surface area contributed by atoms with Crippen molar-refractivity contribution >= 4 is 11.6 Å². The van der Waals surface area contributed by atoms with Gasteiger partial charge in [0.2, 0.25) is 5.91 Å². The molecule has 1 aromatic carbocycles. The number of hydrogen-bond acceptors (Lipinski definition) is 2. The third kappa shape index (κ3) is 4.00. The van der Waals surface area contributed by atoms with E-state index in [2.05, 4.69) is 23.7 Å². The summed E-state index contributed by atoms with van der Waals surface area (Å²) in [6.45, 7) is 6.97. The van der Waals surface area contributed by atoms with Gasteiger partial charge in [0.1, 0.15) is 0 Å². The van der Waals surface area contributed by atoms with Crippen molar-refractivity contribution in [3.8, 4) is 11.8 Å². The van der Waals surface area contributed by atoms with Crippen LogP contribution in [0, 0.1) is 11.8 Å². The van der Waals surface area contributed by atoms with E-state index in [4.69, 9.17) is 0 Å². The Hall–Kier alpha value is -2.57. The summed E-state index contributed by atoms with van der Waals surface area (Å²) in [5, 5.41) is 3.03. The molecule has 0 saturated heterocycles. The van der Waals surface area contributed by atoms with E-state index >= 15 is 0 Å². The number of hydrogen-bond donors (Lipinski definition) is 1. The van der Waals surface area contributed by atoms with E-state index in [9.17, 15) is 4.79 Å². The lowest BCUT2D eigenvalue weighted by atomic mass is 10.0. The molecule has 1 amide bonds. The molecule has 0 aliphatic carbocycles. The molecule has 0 spiro atoms. The Labute approximate surface area is 138 Å². The van der Waals surface area contributed by atoms with E-state index in [1.807, 2.05) is 55.3 Å². The van der Waals surface area contributed by atoms with Crippen molar-refractivity contribution < 1.29 is 4.79 Å². The summed E-state index contributed by atoms with van der Waals surface area (Å²) in [6, 6.07) is 7.78. The van der Waals surface area contributed by atoms with E-state index in [1.54, 1.807) is 6.08 Å². The second-order valence-corrected chi connectivity index (χ2v) is 5.24. The Morgan fingerprint density at radius 3 is 2.87 bits per heavy atom. The summed E-state index contributed by atoms with van der Waals surface area (Å²) in [5.41, 5.74) is 3.60. The van der Waals surface area contributed by atoms with Crippen molar-refractivity contribution in [2.24, 2.45) is 0 Å². The van der Waals surface area contributed by atoms with Gasteiger partial charge in [-0.15, -0.1) is 0 Å². The standard InChI is InChI=1S/C20H22N2O/c1-4-8-18-15-22(20(23)13-14-21-3)19-10-7-6-9-17(19)12-11-16(18)5-2/h4-10,21H,2,13-15H2,1,3H3/b8-4-,18-16-. The van der Waals surface area contributed by atoms with Gasteiger partial charge in [-0.1, -0.05) is 48.8 Å². The SMILES string of the molecule is C=C/C1=C(\C=C/C)CN(C(=O)CCNC)c2ccccc2C#C1. The van der Waals surface area contributed by atoms with Crippen LogP contribution in [0.4, 0.5) is 5.69 Å². The Kier molecular flexibility index (Phi) is 5.96. The van der Waals surface area contributed by atoms with Crippen LogP contribution in [0.1, 0.15) is 18.9 Å². The zero-order chi connectivity index (χ0) is 16.7. The lowest BCUT2D eigenvalue weighted by Crippen LogP contribution is -2.35. The first-order chi connectivity index (χ1) is 11.2. The average molecular weight is 306 g/mol. The van der Waals surface area contributed by atoms with Crippen molar-refractivity contribution in [1.82, 2.24) is 5.32 Å². The van der Waals surface area contributed by atoms with Gasteiger partial charge < -0.3 is 10.2 Å². The van der Waals surface area contributed by atoms with Crippen molar-refractivity contribution in [2.45, 2.75) is 13.3 Å². The van der Waals surface area contributed by atoms with Gasteiger partial charge in [0.05, 0.1) is 12.2 Å². The number of anilines is 1. The van der Waals surface area contributed by atoms with Crippen LogP contribution in [0.15, 0.2) is 60.2 Å². The summed E-state index contributed by atoms with van der Waals surface area (Å²) >= 11 is 0. The molecule has 23 heavy (non-hydrogen) atoms. The molecule has 1 N–H and O–H groups in total. The second-order valence-electron chi connectivity index (χ2n) is 5.24. The summed E-state index contributed by atoms with van der Waals surface area (Å²) in [7, 11) is 1.85. The van der Waals surface area contributed by atoms with E-state index in [0.29, 0.717) is 19.5 Å². The first-order valence-corrected chi connectivity index (χ1v) is 7.75. The highest BCUT2D eigenvalue weighted by molar-refractivity contribution is 5.95. The van der Waals surface area contributed by atoms with Crippen molar-refractivity contribution in [1.29, 1.82) is 0 Å². The Bertz CT molecular complexity index is 717. The van der Waals surface area contributed by atoms with Crippen molar-refractivity contribution in [3.05, 3.63) is 65.8 Å². The minimum atomic E-state index is 0.0842. The number of allylic oxidation sites excluding steroid dienone is 3. The van der Waals surface area contributed by atoms with Crippen LogP contribution in [-0.2, 0) is 4.79 Å². The molecule has 1 aliphatic heterocycles. The number of nitrogens with one attached hydrogen (secondary N) is 1. The topological polar surface area (TPSA) is 32.3 Å². The highest BCUT2D eigenvalue weighted by Crippen LogP contribution is 2.25. The number of carbonyl (C=O) groups is 1. The molecular weight excluding hydrogens is 284 g/mol. The van der Waals surface area contributed by atoms with E-state index in [0.717, 1.165) is 22.4 Å². The minimum absolute atomic E-state index is 0.0842. The van der Waals surface area contributed by atoms with Crippen molar-refractivity contribution in [2.75, 3.05) is 25.0 Å². The van der Waals surface area contributed by atoms with Crippen LogP contribution in [0.2, 0.25) is 0 Å². The lowest BCUT2D eigenvalue weighted by molar-refractivity contribution is -0.118. The number of rotatable bonds is 5. The summed E-state index contributed by atoms with van der Waals surface area (Å²) < 4.78 is 0. The molecule has 0 aromatic heterocycles. The maximum Gasteiger partial charge on any atom is 0.228 e. The molecule has 0 radical (unpaired) electrons. The fraction of sp³-hybridized carbons (Fsp3) is 0.250. The molecule has 0 saturated carbocycles. The zero-order valence-electron chi connectivity index (χ0n) is 13.7. The molecule has 0 fully saturated rings. The normalized spacial score (nSPS) is 17.0. The van der Waals surface area contributed by atoms with Gasteiger partial charge >= 0.3 is 0 Å². The van der Waals surface area contributed by atoms with Crippen LogP contribution < -0.4 is 10.2 Å². The molecule has 3 heteroatoms. The Morgan fingerprint density at radius 2 is 2.17 bits per heavy atom. The van der Waals surface area contributed by atoms with Crippen LogP contribution in [-0.4, -0.2) is 26.0 Å². The summed E-state index contributed by atoms with van der Waals surface area (Å²) in [4.78, 5) is 14.5. The number of nitrogens with zero attached hydrogens (tertiary/aromatic N) is 1. The lowest BCUT2D eigenvalue weighted by Gasteiger charge is -2.26. The van der Waals surface area contributed by atoms with Crippen LogP contribution >= 0.6 is 0 Å². The van der Waals surface area contributed by atoms with Gasteiger partial charge in [0.15, 0.2) is 0 Å². The Balaban J connectivity index is 2.53. The number of amides is 1. The predicted molar refractivity (Wildman–Crippen MR) is 96.3 cm³/mol. The Morgan fingerprint density at radius 1 is 1.39 bits per heavy atom. The number of fused-ring (bicyclic) bond motifs is 1. The molecule has 3 nitrogen and oxygen atoms in total. The van der Waals surface area contributed by atoms with Crippen LogP contribution in [0.25, 0.3) is 0 Å². The average Bonchev–Trinajstić information content (AvgIpc) is 2.56. The second kappa shape index (κ2) is 8.17. The first kappa shape index (κ1) is 16.8. The summed E-state index contributed by atoms with van der Waals surface area (Å²) in [6.07, 6.45) is 6.17. The molecule has 0 bridgehead atoms. The van der Waals surface area contributed by atoms with Gasteiger partial charge in [0, 0.05) is 24.1 Å². The maximum absolute atomic E-state index is 12.7.